The third kappa shape index (κ3) is 3.50. The predicted octanol–water partition coefficient (Wildman–Crippen LogP) is 4.80. The van der Waals surface area contributed by atoms with Gasteiger partial charge in [-0.25, -0.2) is 0 Å². The molecular formula is C22H29N3O. The largest absolute Gasteiger partial charge is 0.372 e. The monoisotopic (exact) mass is 351 g/mol. The van der Waals surface area contributed by atoms with E-state index in [2.05, 4.69) is 40.1 Å². The SMILES string of the molecule is CC(=O)n1cc(-c2ccc(N3CCCCC3)cc2)cc1N1CCCCC1. The zero-order valence-electron chi connectivity index (χ0n) is 15.8. The molecule has 1 aromatic heterocycles. The topological polar surface area (TPSA) is 28.5 Å². The lowest BCUT2D eigenvalue weighted by Crippen LogP contribution is -2.31. The van der Waals surface area contributed by atoms with E-state index >= 15 is 0 Å². The lowest BCUT2D eigenvalue weighted by molar-refractivity contribution is 0.0938. The van der Waals surface area contributed by atoms with Crippen LogP contribution >= 0.6 is 0 Å². The number of carbonyl (C=O) groups is 1. The van der Waals surface area contributed by atoms with Crippen molar-refractivity contribution in [1.82, 2.24) is 4.57 Å². The van der Waals surface area contributed by atoms with Crippen molar-refractivity contribution in [2.75, 3.05) is 36.0 Å². The molecule has 0 N–H and O–H groups in total. The summed E-state index contributed by atoms with van der Waals surface area (Å²) in [5.41, 5.74) is 3.63. The maximum Gasteiger partial charge on any atom is 0.229 e. The molecule has 0 spiro atoms. The van der Waals surface area contributed by atoms with Gasteiger partial charge in [0.05, 0.1) is 0 Å². The Morgan fingerprint density at radius 1 is 0.769 bits per heavy atom. The fourth-order valence-electron chi connectivity index (χ4n) is 4.24. The number of anilines is 2. The average Bonchev–Trinajstić information content (AvgIpc) is 3.15. The Hall–Kier alpha value is -2.23. The summed E-state index contributed by atoms with van der Waals surface area (Å²) in [7, 11) is 0. The van der Waals surface area contributed by atoms with Gasteiger partial charge in [0.2, 0.25) is 5.91 Å². The van der Waals surface area contributed by atoms with Gasteiger partial charge in [-0.15, -0.1) is 0 Å². The summed E-state index contributed by atoms with van der Waals surface area (Å²) in [6, 6.07) is 11.0. The van der Waals surface area contributed by atoms with E-state index in [9.17, 15) is 4.79 Å². The van der Waals surface area contributed by atoms with Gasteiger partial charge >= 0.3 is 0 Å². The van der Waals surface area contributed by atoms with Crippen LogP contribution < -0.4 is 9.80 Å². The Morgan fingerprint density at radius 3 is 1.92 bits per heavy atom. The molecule has 26 heavy (non-hydrogen) atoms. The van der Waals surface area contributed by atoms with Crippen LogP contribution in [0.2, 0.25) is 0 Å². The molecule has 4 nitrogen and oxygen atoms in total. The number of piperidine rings is 2. The molecule has 138 valence electrons. The predicted molar refractivity (Wildman–Crippen MR) is 108 cm³/mol. The molecule has 1 aromatic carbocycles. The molecule has 4 heteroatoms. The molecule has 2 fully saturated rings. The number of hydrogen-bond acceptors (Lipinski definition) is 3. The molecule has 0 unspecified atom stereocenters. The van der Waals surface area contributed by atoms with Gasteiger partial charge in [-0.2, -0.15) is 0 Å². The fourth-order valence-corrected chi connectivity index (χ4v) is 4.24. The maximum absolute atomic E-state index is 12.1. The molecule has 2 saturated heterocycles. The molecular weight excluding hydrogens is 322 g/mol. The van der Waals surface area contributed by atoms with Crippen LogP contribution in [0, 0.1) is 0 Å². The van der Waals surface area contributed by atoms with Crippen molar-refractivity contribution in [2.45, 2.75) is 45.4 Å². The number of aromatic nitrogens is 1. The second kappa shape index (κ2) is 7.56. The second-order valence-corrected chi connectivity index (χ2v) is 7.62. The zero-order valence-corrected chi connectivity index (χ0v) is 15.8. The third-order valence-electron chi connectivity index (χ3n) is 5.74. The zero-order chi connectivity index (χ0) is 17.9. The first-order valence-corrected chi connectivity index (χ1v) is 10.1. The van der Waals surface area contributed by atoms with Gasteiger partial charge in [0.15, 0.2) is 0 Å². The van der Waals surface area contributed by atoms with Crippen molar-refractivity contribution in [2.24, 2.45) is 0 Å². The molecule has 2 aliphatic rings. The Morgan fingerprint density at radius 2 is 1.35 bits per heavy atom. The first-order chi connectivity index (χ1) is 12.7. The molecule has 0 bridgehead atoms. The Labute approximate surface area is 156 Å². The average molecular weight is 351 g/mol. The third-order valence-corrected chi connectivity index (χ3v) is 5.74. The number of benzene rings is 1. The van der Waals surface area contributed by atoms with Gasteiger partial charge in [0.1, 0.15) is 5.82 Å². The minimum atomic E-state index is 0.0850. The van der Waals surface area contributed by atoms with Gasteiger partial charge < -0.3 is 9.80 Å². The molecule has 0 radical (unpaired) electrons. The normalized spacial score (nSPS) is 18.2. The standard InChI is InChI=1S/C22H29N3O/c1-18(26)25-17-20(16-22(25)24-14-6-3-7-15-24)19-8-10-21(11-9-19)23-12-4-2-5-13-23/h8-11,16-17H,2-7,12-15H2,1H3. The van der Waals surface area contributed by atoms with Crippen LogP contribution in [0.1, 0.15) is 50.2 Å². The van der Waals surface area contributed by atoms with Crippen molar-refractivity contribution in [3.05, 3.63) is 36.5 Å². The minimum absolute atomic E-state index is 0.0850. The van der Waals surface area contributed by atoms with Gasteiger partial charge in [-0.05, 0) is 62.3 Å². The summed E-state index contributed by atoms with van der Waals surface area (Å²) in [6.45, 7) is 6.07. The molecule has 3 heterocycles. The highest BCUT2D eigenvalue weighted by molar-refractivity contribution is 5.84. The molecule has 2 aliphatic heterocycles. The number of rotatable bonds is 3. The van der Waals surface area contributed by atoms with Gasteiger partial charge in [0, 0.05) is 50.6 Å². The molecule has 0 saturated carbocycles. The summed E-state index contributed by atoms with van der Waals surface area (Å²) in [5.74, 6) is 1.13. The maximum atomic E-state index is 12.1. The minimum Gasteiger partial charge on any atom is -0.372 e. The molecule has 0 aliphatic carbocycles. The van der Waals surface area contributed by atoms with Crippen molar-refractivity contribution < 1.29 is 4.79 Å². The highest BCUT2D eigenvalue weighted by Crippen LogP contribution is 2.31. The van der Waals surface area contributed by atoms with Gasteiger partial charge in [0.25, 0.3) is 0 Å². The first-order valence-electron chi connectivity index (χ1n) is 10.1. The highest BCUT2D eigenvalue weighted by atomic mass is 16.1. The first kappa shape index (κ1) is 17.2. The quantitative estimate of drug-likeness (QED) is 0.795. The highest BCUT2D eigenvalue weighted by Gasteiger charge is 2.19. The number of carbonyl (C=O) groups excluding carboxylic acids is 1. The van der Waals surface area contributed by atoms with Crippen LogP contribution in [0.4, 0.5) is 11.5 Å². The summed E-state index contributed by atoms with van der Waals surface area (Å²) in [5, 5.41) is 0. The Balaban J connectivity index is 1.59. The Bertz CT molecular complexity index is 750. The molecule has 4 rings (SSSR count). The summed E-state index contributed by atoms with van der Waals surface area (Å²) >= 11 is 0. The van der Waals surface area contributed by atoms with E-state index in [4.69, 9.17) is 0 Å². The lowest BCUT2D eigenvalue weighted by Gasteiger charge is -2.29. The lowest BCUT2D eigenvalue weighted by atomic mass is 10.1. The van der Waals surface area contributed by atoms with Crippen molar-refractivity contribution in [3.63, 3.8) is 0 Å². The van der Waals surface area contributed by atoms with E-state index in [1.54, 1.807) is 6.92 Å². The van der Waals surface area contributed by atoms with Crippen LogP contribution in [0.15, 0.2) is 36.5 Å². The van der Waals surface area contributed by atoms with E-state index in [1.165, 1.54) is 62.9 Å². The fraction of sp³-hybridized carbons (Fsp3) is 0.500. The van der Waals surface area contributed by atoms with Crippen LogP contribution in [0.5, 0.6) is 0 Å². The van der Waals surface area contributed by atoms with Crippen LogP contribution in [0.3, 0.4) is 0 Å². The molecule has 0 atom stereocenters. The van der Waals surface area contributed by atoms with E-state index in [0.29, 0.717) is 0 Å². The van der Waals surface area contributed by atoms with Crippen molar-refractivity contribution in [1.29, 1.82) is 0 Å². The van der Waals surface area contributed by atoms with Crippen LogP contribution in [-0.2, 0) is 0 Å². The Kier molecular flexibility index (Phi) is 5.00. The van der Waals surface area contributed by atoms with Crippen molar-refractivity contribution >= 4 is 17.4 Å². The van der Waals surface area contributed by atoms with Crippen LogP contribution in [-0.4, -0.2) is 36.7 Å². The summed E-state index contributed by atoms with van der Waals surface area (Å²) in [4.78, 5) is 17.0. The van der Waals surface area contributed by atoms with E-state index in [-0.39, 0.29) is 5.91 Å². The number of hydrogen-bond donors (Lipinski definition) is 0. The van der Waals surface area contributed by atoms with Crippen LogP contribution in [0.25, 0.3) is 11.1 Å². The van der Waals surface area contributed by atoms with Crippen molar-refractivity contribution in [3.8, 4) is 11.1 Å². The summed E-state index contributed by atoms with van der Waals surface area (Å²) in [6.07, 6.45) is 9.66. The number of nitrogens with zero attached hydrogens (tertiary/aromatic N) is 3. The van der Waals surface area contributed by atoms with Gasteiger partial charge in [-0.1, -0.05) is 12.1 Å². The smallest absolute Gasteiger partial charge is 0.229 e. The molecule has 0 amide bonds. The molecule has 2 aromatic rings. The van der Waals surface area contributed by atoms with E-state index < -0.39 is 0 Å². The van der Waals surface area contributed by atoms with E-state index in [1.807, 2.05) is 10.8 Å². The second-order valence-electron chi connectivity index (χ2n) is 7.62. The van der Waals surface area contributed by atoms with Gasteiger partial charge in [-0.3, -0.25) is 9.36 Å². The summed E-state index contributed by atoms with van der Waals surface area (Å²) < 4.78 is 1.82. The van der Waals surface area contributed by atoms with E-state index in [0.717, 1.165) is 24.5 Å².